The van der Waals surface area contributed by atoms with Crippen molar-refractivity contribution in [3.8, 4) is 5.75 Å². The number of carbonyl (C=O) groups is 1. The van der Waals surface area contributed by atoms with E-state index in [-0.39, 0.29) is 23.8 Å². The van der Waals surface area contributed by atoms with Gasteiger partial charge in [-0.25, -0.2) is 9.37 Å². The van der Waals surface area contributed by atoms with Crippen molar-refractivity contribution in [2.24, 2.45) is 0 Å². The lowest BCUT2D eigenvalue weighted by Crippen LogP contribution is -2.33. The number of rotatable bonds is 7. The number of H-pyrrole nitrogens is 1. The summed E-state index contributed by atoms with van der Waals surface area (Å²) in [7, 11) is 1.35. The third-order valence-corrected chi connectivity index (χ3v) is 5.21. The van der Waals surface area contributed by atoms with Gasteiger partial charge in [-0.1, -0.05) is 25.3 Å². The number of nitrogens with zero attached hydrogens (tertiary/aromatic N) is 1. The van der Waals surface area contributed by atoms with Crippen LogP contribution in [0.2, 0.25) is 0 Å². The van der Waals surface area contributed by atoms with E-state index in [4.69, 9.17) is 4.74 Å². The van der Waals surface area contributed by atoms with Gasteiger partial charge < -0.3 is 19.8 Å². The molecule has 1 aromatic carbocycles. The average Bonchev–Trinajstić information content (AvgIpc) is 2.74. The summed E-state index contributed by atoms with van der Waals surface area (Å²) in [5.74, 6) is -2.41. The van der Waals surface area contributed by atoms with Crippen molar-refractivity contribution in [2.45, 2.75) is 50.4 Å². The quantitative estimate of drug-likeness (QED) is 0.614. The molecule has 1 aromatic heterocycles. The summed E-state index contributed by atoms with van der Waals surface area (Å²) >= 11 is 0. The molecule has 1 fully saturated rings. The first kappa shape index (κ1) is 23.7. The van der Waals surface area contributed by atoms with Crippen LogP contribution >= 0.6 is 0 Å². The molecule has 2 N–H and O–H groups in total. The Kier molecular flexibility index (Phi) is 7.49. The Hall–Kier alpha value is -2.95. The van der Waals surface area contributed by atoms with Crippen molar-refractivity contribution in [2.75, 3.05) is 13.7 Å². The molecule has 3 rings (SSSR count). The minimum absolute atomic E-state index is 0.0641. The van der Waals surface area contributed by atoms with E-state index < -0.39 is 35.4 Å². The molecule has 1 aliphatic carbocycles. The zero-order valence-corrected chi connectivity index (χ0v) is 17.3. The van der Waals surface area contributed by atoms with E-state index >= 15 is 0 Å². The SMILES string of the molecule is COC[C@@H](NC(=O)c1cc(=O)[nH]c(C2CCCCC2)n1)c1ccc(OC(F)(F)F)c(F)c1. The summed E-state index contributed by atoms with van der Waals surface area (Å²) < 4.78 is 59.9. The first-order valence-electron chi connectivity index (χ1n) is 10.1. The lowest BCUT2D eigenvalue weighted by atomic mass is 9.88. The van der Waals surface area contributed by atoms with Gasteiger partial charge in [0.25, 0.3) is 11.5 Å². The van der Waals surface area contributed by atoms with Crippen LogP contribution in [-0.4, -0.2) is 36.0 Å². The maximum atomic E-state index is 14.1. The van der Waals surface area contributed by atoms with Gasteiger partial charge in [0.1, 0.15) is 11.5 Å². The van der Waals surface area contributed by atoms with Crippen molar-refractivity contribution >= 4 is 5.91 Å². The van der Waals surface area contributed by atoms with Gasteiger partial charge >= 0.3 is 6.36 Å². The van der Waals surface area contributed by atoms with Gasteiger partial charge in [0.15, 0.2) is 11.6 Å². The van der Waals surface area contributed by atoms with Crippen molar-refractivity contribution in [3.63, 3.8) is 0 Å². The molecule has 7 nitrogen and oxygen atoms in total. The third kappa shape index (κ3) is 6.28. The molecule has 1 atom stereocenters. The number of ether oxygens (including phenoxy) is 2. The standard InChI is InChI=1S/C21H23F4N3O4/c1-31-11-16(13-7-8-17(14(22)9-13)32-21(23,24)25)27-20(30)15-10-18(29)28-19(26-15)12-5-3-2-4-6-12/h7-10,12,16H,2-6,11H2,1H3,(H,27,30)(H,26,28,29)/t16-/m1/s1. The summed E-state index contributed by atoms with van der Waals surface area (Å²) in [6, 6.07) is 2.99. The lowest BCUT2D eigenvalue weighted by Gasteiger charge is -2.21. The molecule has 1 heterocycles. The minimum Gasteiger partial charge on any atom is -0.403 e. The van der Waals surface area contributed by atoms with Gasteiger partial charge in [0.05, 0.1) is 12.6 Å². The van der Waals surface area contributed by atoms with Gasteiger partial charge in [-0.3, -0.25) is 9.59 Å². The van der Waals surface area contributed by atoms with Crippen LogP contribution < -0.4 is 15.6 Å². The number of benzene rings is 1. The Morgan fingerprint density at radius 1 is 1.25 bits per heavy atom. The van der Waals surface area contributed by atoms with E-state index in [1.54, 1.807) is 0 Å². The van der Waals surface area contributed by atoms with Crippen molar-refractivity contribution < 1.29 is 31.8 Å². The van der Waals surface area contributed by atoms with Crippen LogP contribution in [0, 0.1) is 5.82 Å². The highest BCUT2D eigenvalue weighted by molar-refractivity contribution is 5.92. The summed E-state index contributed by atoms with van der Waals surface area (Å²) in [5, 5.41) is 2.59. The van der Waals surface area contributed by atoms with Crippen LogP contribution in [0.1, 0.15) is 65.9 Å². The predicted molar refractivity (Wildman–Crippen MR) is 106 cm³/mol. The first-order chi connectivity index (χ1) is 15.2. The fourth-order valence-electron chi connectivity index (χ4n) is 3.72. The molecule has 1 aliphatic rings. The van der Waals surface area contributed by atoms with Crippen molar-refractivity contribution in [3.05, 3.63) is 57.5 Å². The third-order valence-electron chi connectivity index (χ3n) is 5.21. The summed E-state index contributed by atoms with van der Waals surface area (Å²) in [6.45, 7) is -0.0939. The Balaban J connectivity index is 1.80. The molecule has 0 unspecified atom stereocenters. The average molecular weight is 457 g/mol. The fourth-order valence-corrected chi connectivity index (χ4v) is 3.72. The molecule has 2 aromatic rings. The van der Waals surface area contributed by atoms with E-state index in [2.05, 4.69) is 20.0 Å². The number of methoxy groups -OCH3 is 1. The Labute approximate surface area is 181 Å². The molecular formula is C21H23F4N3O4. The number of halogens is 4. The van der Waals surface area contributed by atoms with Crippen LogP contribution in [0.4, 0.5) is 17.6 Å². The van der Waals surface area contributed by atoms with Crippen LogP contribution in [0.5, 0.6) is 5.75 Å². The number of aromatic nitrogens is 2. The molecule has 0 radical (unpaired) electrons. The second-order valence-electron chi connectivity index (χ2n) is 7.57. The molecule has 1 saturated carbocycles. The van der Waals surface area contributed by atoms with Crippen molar-refractivity contribution in [1.82, 2.24) is 15.3 Å². The summed E-state index contributed by atoms with van der Waals surface area (Å²) in [6.07, 6.45) is -0.161. The predicted octanol–water partition coefficient (Wildman–Crippen LogP) is 3.97. The van der Waals surface area contributed by atoms with Crippen LogP contribution in [0.3, 0.4) is 0 Å². The van der Waals surface area contributed by atoms with Gasteiger partial charge in [0.2, 0.25) is 0 Å². The number of alkyl halides is 3. The highest BCUT2D eigenvalue weighted by Crippen LogP contribution is 2.30. The largest absolute Gasteiger partial charge is 0.573 e. The minimum atomic E-state index is -5.04. The van der Waals surface area contributed by atoms with Gasteiger partial charge in [-0.05, 0) is 30.5 Å². The number of hydrogen-bond donors (Lipinski definition) is 2. The number of carbonyl (C=O) groups excluding carboxylic acids is 1. The van der Waals surface area contributed by atoms with Gasteiger partial charge in [0, 0.05) is 19.1 Å². The van der Waals surface area contributed by atoms with Crippen LogP contribution in [-0.2, 0) is 4.74 Å². The maximum Gasteiger partial charge on any atom is 0.573 e. The first-order valence-corrected chi connectivity index (χ1v) is 10.1. The monoisotopic (exact) mass is 457 g/mol. The second kappa shape index (κ2) is 10.1. The maximum absolute atomic E-state index is 14.1. The Morgan fingerprint density at radius 2 is 1.97 bits per heavy atom. The van der Waals surface area contributed by atoms with E-state index in [0.717, 1.165) is 50.3 Å². The van der Waals surface area contributed by atoms with Crippen LogP contribution in [0.15, 0.2) is 29.1 Å². The smallest absolute Gasteiger partial charge is 0.403 e. The van der Waals surface area contributed by atoms with Crippen molar-refractivity contribution in [1.29, 1.82) is 0 Å². The summed E-state index contributed by atoms with van der Waals surface area (Å²) in [4.78, 5) is 31.9. The molecule has 0 saturated heterocycles. The molecule has 11 heteroatoms. The molecular weight excluding hydrogens is 434 g/mol. The van der Waals surface area contributed by atoms with E-state index in [1.807, 2.05) is 0 Å². The van der Waals surface area contributed by atoms with Crippen LogP contribution in [0.25, 0.3) is 0 Å². The molecule has 0 spiro atoms. The number of aromatic amines is 1. The number of nitrogens with one attached hydrogen (secondary N) is 2. The van der Waals surface area contributed by atoms with E-state index in [0.29, 0.717) is 5.82 Å². The normalized spacial score (nSPS) is 15.9. The number of amides is 1. The zero-order valence-electron chi connectivity index (χ0n) is 17.3. The van der Waals surface area contributed by atoms with E-state index in [9.17, 15) is 27.2 Å². The lowest BCUT2D eigenvalue weighted by molar-refractivity contribution is -0.275. The van der Waals surface area contributed by atoms with E-state index in [1.165, 1.54) is 13.2 Å². The Morgan fingerprint density at radius 3 is 2.59 bits per heavy atom. The molecule has 1 amide bonds. The number of hydrogen-bond acceptors (Lipinski definition) is 5. The highest BCUT2D eigenvalue weighted by atomic mass is 19.4. The summed E-state index contributed by atoms with van der Waals surface area (Å²) in [5.41, 5.74) is -0.411. The zero-order chi connectivity index (χ0) is 23.3. The molecule has 0 aliphatic heterocycles. The van der Waals surface area contributed by atoms with Gasteiger partial charge in [-0.15, -0.1) is 13.2 Å². The van der Waals surface area contributed by atoms with Gasteiger partial charge in [-0.2, -0.15) is 0 Å². The topological polar surface area (TPSA) is 93.3 Å². The molecule has 174 valence electrons. The second-order valence-corrected chi connectivity index (χ2v) is 7.57. The fraction of sp³-hybridized carbons (Fsp3) is 0.476. The Bertz CT molecular complexity index is 1000. The molecule has 0 bridgehead atoms. The highest BCUT2D eigenvalue weighted by Gasteiger charge is 2.32. The molecule has 32 heavy (non-hydrogen) atoms.